The van der Waals surface area contributed by atoms with Crippen LogP contribution in [0.5, 0.6) is 0 Å². The van der Waals surface area contributed by atoms with E-state index in [2.05, 4.69) is 15.7 Å². The van der Waals surface area contributed by atoms with Gasteiger partial charge in [-0.3, -0.25) is 19.6 Å². The number of hydrogen-bond acceptors (Lipinski definition) is 5. The Balaban J connectivity index is 1.33. The van der Waals surface area contributed by atoms with Crippen molar-refractivity contribution in [1.29, 1.82) is 0 Å². The van der Waals surface area contributed by atoms with E-state index < -0.39 is 0 Å². The summed E-state index contributed by atoms with van der Waals surface area (Å²) in [6.45, 7) is 2.74. The van der Waals surface area contributed by atoms with E-state index in [4.69, 9.17) is 11.6 Å². The molecule has 30 heavy (non-hydrogen) atoms. The van der Waals surface area contributed by atoms with E-state index in [9.17, 15) is 9.59 Å². The number of nitrogens with one attached hydrogen (secondary N) is 2. The molecule has 2 aromatic rings. The zero-order valence-electron chi connectivity index (χ0n) is 16.6. The fourth-order valence-electron chi connectivity index (χ4n) is 4.33. The van der Waals surface area contributed by atoms with Crippen LogP contribution in [-0.2, 0) is 4.79 Å². The molecule has 1 fully saturated rings. The maximum atomic E-state index is 13.2. The molecule has 1 aromatic carbocycles. The first-order valence-corrected chi connectivity index (χ1v) is 10.4. The largest absolute Gasteiger partial charge is 0.367 e. The predicted molar refractivity (Wildman–Crippen MR) is 112 cm³/mol. The summed E-state index contributed by atoms with van der Waals surface area (Å²) in [7, 11) is 0. The van der Waals surface area contributed by atoms with E-state index in [0.29, 0.717) is 29.1 Å². The van der Waals surface area contributed by atoms with Crippen molar-refractivity contribution in [3.63, 3.8) is 0 Å². The number of nitrogens with zero attached hydrogens (tertiary/aromatic N) is 3. The highest BCUT2D eigenvalue weighted by Crippen LogP contribution is 2.35. The summed E-state index contributed by atoms with van der Waals surface area (Å²) in [5.41, 5.74) is 7.26. The third-order valence-electron chi connectivity index (χ3n) is 5.95. The normalized spacial score (nSPS) is 23.2. The highest BCUT2D eigenvalue weighted by Gasteiger charge is 2.43. The number of benzene rings is 1. The van der Waals surface area contributed by atoms with Crippen LogP contribution in [0.4, 0.5) is 0 Å². The van der Waals surface area contributed by atoms with Gasteiger partial charge in [0.15, 0.2) is 0 Å². The molecule has 0 aliphatic carbocycles. The predicted octanol–water partition coefficient (Wildman–Crippen LogP) is 2.55. The number of carbonyl (C=O) groups is 2. The van der Waals surface area contributed by atoms with Gasteiger partial charge in [0.05, 0.1) is 23.7 Å². The third kappa shape index (κ3) is 3.24. The highest BCUT2D eigenvalue weighted by molar-refractivity contribution is 6.31. The van der Waals surface area contributed by atoms with Gasteiger partial charge in [-0.2, -0.15) is 0 Å². The van der Waals surface area contributed by atoms with Crippen molar-refractivity contribution >= 4 is 23.4 Å². The Morgan fingerprint density at radius 3 is 2.83 bits per heavy atom. The number of amides is 2. The molecular formula is C22H22ClN5O2. The van der Waals surface area contributed by atoms with E-state index in [1.807, 2.05) is 37.3 Å². The molecule has 4 heterocycles. The minimum absolute atomic E-state index is 0.0436. The molecular weight excluding hydrogens is 402 g/mol. The maximum Gasteiger partial charge on any atom is 0.269 e. The Morgan fingerprint density at radius 2 is 2.07 bits per heavy atom. The molecule has 5 rings (SSSR count). The van der Waals surface area contributed by atoms with Gasteiger partial charge in [-0.25, -0.2) is 5.43 Å². The average molecular weight is 424 g/mol. The monoisotopic (exact) mass is 423 g/mol. The second-order valence-electron chi connectivity index (χ2n) is 7.90. The molecule has 3 aliphatic heterocycles. The Labute approximate surface area is 179 Å². The van der Waals surface area contributed by atoms with Crippen molar-refractivity contribution in [2.75, 3.05) is 13.1 Å². The second-order valence-corrected chi connectivity index (χ2v) is 8.30. The third-order valence-corrected chi connectivity index (χ3v) is 6.30. The Hall–Kier alpha value is -2.90. The number of hydrazine groups is 1. The maximum absolute atomic E-state index is 13.2. The Kier molecular flexibility index (Phi) is 4.72. The van der Waals surface area contributed by atoms with Gasteiger partial charge < -0.3 is 10.2 Å². The van der Waals surface area contributed by atoms with Crippen LogP contribution in [0.25, 0.3) is 0 Å². The summed E-state index contributed by atoms with van der Waals surface area (Å²) in [5, 5.41) is 5.83. The molecule has 2 unspecified atom stereocenters. The van der Waals surface area contributed by atoms with Gasteiger partial charge >= 0.3 is 0 Å². The molecule has 2 amide bonds. The standard InChI is InChI=1S/C22H22ClN5O2/c1-13-6-7-14(11-24-13)21(29)27-9-8-18-16(12-27)22(30)28-20(25-18)10-19(26-28)15-4-2-3-5-17(15)23/h2-7,11,19-20,25-26H,8-10,12H2,1H3. The van der Waals surface area contributed by atoms with Crippen molar-refractivity contribution in [2.24, 2.45) is 0 Å². The van der Waals surface area contributed by atoms with Crippen LogP contribution in [0, 0.1) is 6.92 Å². The number of aromatic nitrogens is 1. The molecule has 8 heteroatoms. The lowest BCUT2D eigenvalue weighted by Crippen LogP contribution is -2.57. The molecule has 0 radical (unpaired) electrons. The zero-order valence-corrected chi connectivity index (χ0v) is 17.3. The topological polar surface area (TPSA) is 77.6 Å². The molecule has 154 valence electrons. The van der Waals surface area contributed by atoms with E-state index in [1.165, 1.54) is 0 Å². The van der Waals surface area contributed by atoms with Crippen LogP contribution < -0.4 is 10.7 Å². The lowest BCUT2D eigenvalue weighted by Gasteiger charge is -2.39. The first-order valence-electron chi connectivity index (χ1n) is 10.1. The SMILES string of the molecule is Cc1ccc(C(=O)N2CCC3=C(C2)C(=O)N2NC(c4ccccc4Cl)CC2N3)cn1. The zero-order chi connectivity index (χ0) is 20.8. The van der Waals surface area contributed by atoms with Crippen LogP contribution >= 0.6 is 11.6 Å². The average Bonchev–Trinajstić information content (AvgIpc) is 3.18. The van der Waals surface area contributed by atoms with Crippen LogP contribution in [0.1, 0.15) is 40.5 Å². The first-order chi connectivity index (χ1) is 14.5. The summed E-state index contributed by atoms with van der Waals surface area (Å²) < 4.78 is 0. The lowest BCUT2D eigenvalue weighted by molar-refractivity contribution is -0.133. The Bertz CT molecular complexity index is 1050. The number of rotatable bonds is 2. The fraction of sp³-hybridized carbons (Fsp3) is 0.318. The molecule has 2 atom stereocenters. The molecule has 1 aromatic heterocycles. The summed E-state index contributed by atoms with van der Waals surface area (Å²) in [5.74, 6) is -0.185. The molecule has 0 spiro atoms. The van der Waals surface area contributed by atoms with Gasteiger partial charge in [0, 0.05) is 42.0 Å². The number of fused-ring (bicyclic) bond motifs is 1. The van der Waals surface area contributed by atoms with Gasteiger partial charge in [0.1, 0.15) is 6.17 Å². The second kappa shape index (κ2) is 7.41. The van der Waals surface area contributed by atoms with Crippen molar-refractivity contribution in [3.8, 4) is 0 Å². The summed E-state index contributed by atoms with van der Waals surface area (Å²) in [4.78, 5) is 32.0. The molecule has 3 aliphatic rings. The van der Waals surface area contributed by atoms with Crippen molar-refractivity contribution in [3.05, 3.63) is 75.7 Å². The minimum atomic E-state index is -0.124. The van der Waals surface area contributed by atoms with Crippen LogP contribution in [0.3, 0.4) is 0 Å². The Morgan fingerprint density at radius 1 is 1.23 bits per heavy atom. The van der Waals surface area contributed by atoms with E-state index in [1.54, 1.807) is 22.2 Å². The number of halogens is 1. The van der Waals surface area contributed by atoms with Crippen molar-refractivity contribution in [2.45, 2.75) is 32.0 Å². The molecule has 0 saturated carbocycles. The number of pyridine rings is 1. The lowest BCUT2D eigenvalue weighted by atomic mass is 9.99. The molecule has 1 saturated heterocycles. The van der Waals surface area contributed by atoms with Crippen molar-refractivity contribution < 1.29 is 9.59 Å². The smallest absolute Gasteiger partial charge is 0.269 e. The number of hydrogen-bond donors (Lipinski definition) is 2. The summed E-state index contributed by atoms with van der Waals surface area (Å²) in [6.07, 6.45) is 2.83. The highest BCUT2D eigenvalue weighted by atomic mass is 35.5. The number of carbonyl (C=O) groups excluding carboxylic acids is 2. The van der Waals surface area contributed by atoms with E-state index in [-0.39, 0.29) is 30.6 Å². The van der Waals surface area contributed by atoms with Gasteiger partial charge in [-0.05, 0) is 30.7 Å². The quantitative estimate of drug-likeness (QED) is 0.776. The van der Waals surface area contributed by atoms with Gasteiger partial charge in [-0.1, -0.05) is 29.8 Å². The van der Waals surface area contributed by atoms with E-state index in [0.717, 1.165) is 23.4 Å². The van der Waals surface area contributed by atoms with Crippen LogP contribution in [0.2, 0.25) is 5.02 Å². The van der Waals surface area contributed by atoms with Crippen LogP contribution in [0.15, 0.2) is 53.9 Å². The van der Waals surface area contributed by atoms with Gasteiger partial charge in [0.25, 0.3) is 11.8 Å². The first kappa shape index (κ1) is 19.1. The summed E-state index contributed by atoms with van der Waals surface area (Å²) in [6, 6.07) is 11.2. The molecule has 0 bridgehead atoms. The van der Waals surface area contributed by atoms with Gasteiger partial charge in [-0.15, -0.1) is 0 Å². The van der Waals surface area contributed by atoms with Crippen LogP contribution in [-0.4, -0.2) is 46.0 Å². The van der Waals surface area contributed by atoms with E-state index >= 15 is 0 Å². The fourth-order valence-corrected chi connectivity index (χ4v) is 4.60. The minimum Gasteiger partial charge on any atom is -0.367 e. The molecule has 2 N–H and O–H groups in total. The summed E-state index contributed by atoms with van der Waals surface area (Å²) >= 11 is 6.36. The van der Waals surface area contributed by atoms with Crippen molar-refractivity contribution in [1.82, 2.24) is 25.6 Å². The van der Waals surface area contributed by atoms with Gasteiger partial charge in [0.2, 0.25) is 0 Å². The molecule has 7 nitrogen and oxygen atoms in total. The number of aryl methyl sites for hydroxylation is 1.